The van der Waals surface area contributed by atoms with Crippen LogP contribution < -0.4 is 5.73 Å². The minimum atomic E-state index is -4.22. The number of phenols is 1. The van der Waals surface area contributed by atoms with Crippen molar-refractivity contribution in [3.63, 3.8) is 0 Å². The predicted octanol–water partition coefficient (Wildman–Crippen LogP) is 0.994. The van der Waals surface area contributed by atoms with E-state index in [2.05, 4.69) is 0 Å². The Hall–Kier alpha value is -0.790. The molecule has 0 aliphatic heterocycles. The zero-order valence-electron chi connectivity index (χ0n) is 9.08. The number of nitrogen functional groups attached to an aromatic ring is 1. The van der Waals surface area contributed by atoms with E-state index in [9.17, 15) is 13.5 Å². The number of anilines is 1. The number of phenolic OH excluding ortho intramolecular Hbond substituents is 1. The molecule has 0 aromatic heterocycles. The van der Waals surface area contributed by atoms with Crippen LogP contribution in [0.1, 0.15) is 0 Å². The summed E-state index contributed by atoms with van der Waals surface area (Å²) in [5.41, 5.74) is 5.80. The van der Waals surface area contributed by atoms with Crippen molar-refractivity contribution in [3.8, 4) is 5.75 Å². The Kier molecular flexibility index (Phi) is 4.06. The molecule has 0 unspecified atom stereocenters. The van der Waals surface area contributed by atoms with E-state index in [-0.39, 0.29) is 45.9 Å². The van der Waals surface area contributed by atoms with Gasteiger partial charge in [0.1, 0.15) is 5.75 Å². The smallest absolute Gasteiger partial charge is 0.294 e. The minimum Gasteiger partial charge on any atom is -0.506 e. The van der Waals surface area contributed by atoms with Gasteiger partial charge in [0.15, 0.2) is 0 Å². The molecule has 0 aliphatic rings. The van der Waals surface area contributed by atoms with Crippen LogP contribution in [0, 0.1) is 0 Å². The van der Waals surface area contributed by atoms with Crippen molar-refractivity contribution in [3.05, 3.63) is 30.3 Å². The maximum absolute atomic E-state index is 10.9. The maximum Gasteiger partial charge on any atom is 0.294 e. The summed E-state index contributed by atoms with van der Waals surface area (Å²) in [6.07, 6.45) is 0. The van der Waals surface area contributed by atoms with Crippen molar-refractivity contribution in [1.29, 1.82) is 0 Å². The number of hydrogen-bond donors (Lipinski definition) is 3. The average Bonchev–Trinajstić information content (AvgIpc) is 2.22. The molecule has 0 heterocycles. The van der Waals surface area contributed by atoms with Crippen LogP contribution in [-0.4, -0.2) is 47.6 Å². The van der Waals surface area contributed by atoms with E-state index in [1.54, 1.807) is 0 Å². The van der Waals surface area contributed by atoms with Gasteiger partial charge < -0.3 is 10.8 Å². The van der Waals surface area contributed by atoms with E-state index in [1.807, 2.05) is 0 Å². The molecular weight excluding hydrogens is 253 g/mol. The van der Waals surface area contributed by atoms with Crippen molar-refractivity contribution < 1.29 is 18.1 Å². The predicted molar refractivity (Wildman–Crippen MR) is 65.6 cm³/mol. The van der Waals surface area contributed by atoms with Gasteiger partial charge in [0.25, 0.3) is 10.1 Å². The zero-order chi connectivity index (χ0) is 11.9. The van der Waals surface area contributed by atoms with Crippen molar-refractivity contribution in [1.82, 2.24) is 0 Å². The zero-order valence-corrected chi connectivity index (χ0v) is 11.9. The molecule has 0 saturated carbocycles. The molecule has 0 atom stereocenters. The summed E-state index contributed by atoms with van der Waals surface area (Å²) < 4.78 is 30.7. The summed E-state index contributed by atoms with van der Waals surface area (Å²) in [6, 6.07) is 6.85. The number of hydrogen-bond acceptors (Lipinski definition) is 4. The summed E-state index contributed by atoms with van der Waals surface area (Å²) in [6.45, 7) is 0. The normalized spacial score (nSPS) is 11.1. The molecule has 2 aromatic rings. The van der Waals surface area contributed by atoms with E-state index >= 15 is 0 Å². The van der Waals surface area contributed by atoms with Gasteiger partial charge >= 0.3 is 0 Å². The van der Waals surface area contributed by atoms with Crippen LogP contribution in [0.15, 0.2) is 35.2 Å². The first-order chi connectivity index (χ1) is 7.39. The van der Waals surface area contributed by atoms with Gasteiger partial charge in [-0.25, -0.2) is 0 Å². The van der Waals surface area contributed by atoms with Crippen molar-refractivity contribution in [2.45, 2.75) is 4.90 Å². The Bertz CT molecular complexity index is 669. The number of aromatic hydroxyl groups is 1. The number of rotatable bonds is 1. The number of benzene rings is 2. The molecule has 85 valence electrons. The van der Waals surface area contributed by atoms with Crippen molar-refractivity contribution in [2.24, 2.45) is 0 Å². The first-order valence-corrected chi connectivity index (χ1v) is 5.82. The number of nitrogens with two attached hydrogens (primary N) is 1. The first-order valence-electron chi connectivity index (χ1n) is 4.38. The molecule has 2 rings (SSSR count). The van der Waals surface area contributed by atoms with E-state index in [0.717, 1.165) is 0 Å². The van der Waals surface area contributed by atoms with Crippen LogP contribution in [0.3, 0.4) is 0 Å². The molecule has 17 heavy (non-hydrogen) atoms. The molecule has 5 nitrogen and oxygen atoms in total. The summed E-state index contributed by atoms with van der Waals surface area (Å²) in [4.78, 5) is -0.204. The standard InChI is InChI=1S/C10H9NO4S.Na/c11-10-8-3-2-7(16(13,14)15)5-6(8)1-4-9(10)12;/h1-5,12H,11H2,(H,13,14,15);. The van der Waals surface area contributed by atoms with Crippen LogP contribution >= 0.6 is 0 Å². The van der Waals surface area contributed by atoms with Gasteiger partial charge in [-0.05, 0) is 23.6 Å². The van der Waals surface area contributed by atoms with E-state index in [0.29, 0.717) is 10.8 Å². The molecule has 2 aromatic carbocycles. The second-order valence-corrected chi connectivity index (χ2v) is 4.78. The summed E-state index contributed by atoms with van der Waals surface area (Å²) in [7, 11) is -4.22. The largest absolute Gasteiger partial charge is 0.506 e. The Labute approximate surface area is 120 Å². The Morgan fingerprint density at radius 3 is 2.35 bits per heavy atom. The second kappa shape index (κ2) is 4.83. The quantitative estimate of drug-likeness (QED) is 0.308. The first kappa shape index (κ1) is 14.3. The van der Waals surface area contributed by atoms with Gasteiger partial charge in [0.2, 0.25) is 0 Å². The van der Waals surface area contributed by atoms with Gasteiger partial charge in [0, 0.05) is 34.9 Å². The molecule has 0 saturated heterocycles. The summed E-state index contributed by atoms with van der Waals surface area (Å²) >= 11 is 0. The Morgan fingerprint density at radius 2 is 1.76 bits per heavy atom. The summed E-state index contributed by atoms with van der Waals surface area (Å²) in [5, 5.41) is 10.4. The maximum atomic E-state index is 10.9. The van der Waals surface area contributed by atoms with Crippen molar-refractivity contribution in [2.75, 3.05) is 5.73 Å². The van der Waals surface area contributed by atoms with Crippen LogP contribution in [0.4, 0.5) is 5.69 Å². The summed E-state index contributed by atoms with van der Waals surface area (Å²) in [5.74, 6) is -0.0629. The minimum absolute atomic E-state index is 0. The molecule has 1 radical (unpaired) electrons. The van der Waals surface area contributed by atoms with Crippen LogP contribution in [0.25, 0.3) is 10.8 Å². The third-order valence-corrected chi connectivity index (χ3v) is 3.16. The van der Waals surface area contributed by atoms with E-state index in [1.165, 1.54) is 30.3 Å². The van der Waals surface area contributed by atoms with Gasteiger partial charge in [-0.3, -0.25) is 4.55 Å². The number of fused-ring (bicyclic) bond motifs is 1. The molecule has 0 aliphatic carbocycles. The monoisotopic (exact) mass is 262 g/mol. The topological polar surface area (TPSA) is 101 Å². The second-order valence-electron chi connectivity index (χ2n) is 3.36. The SMILES string of the molecule is Nc1c(O)ccc2cc(S(=O)(=O)O)ccc12.[Na]. The fraction of sp³-hybridized carbons (Fsp3) is 0. The molecule has 4 N–H and O–H groups in total. The van der Waals surface area contributed by atoms with E-state index < -0.39 is 10.1 Å². The van der Waals surface area contributed by atoms with Gasteiger partial charge in [-0.1, -0.05) is 12.1 Å². The van der Waals surface area contributed by atoms with Gasteiger partial charge in [-0.2, -0.15) is 8.42 Å². The fourth-order valence-electron chi connectivity index (χ4n) is 1.48. The van der Waals surface area contributed by atoms with Crippen LogP contribution in [-0.2, 0) is 10.1 Å². The molecule has 0 spiro atoms. The third kappa shape index (κ3) is 2.72. The average molecular weight is 262 g/mol. The Balaban J connectivity index is 0.00000144. The molecule has 0 amide bonds. The molecule has 0 fully saturated rings. The van der Waals surface area contributed by atoms with Gasteiger partial charge in [0.05, 0.1) is 10.6 Å². The fourth-order valence-corrected chi connectivity index (χ4v) is 2.00. The van der Waals surface area contributed by atoms with Crippen molar-refractivity contribution >= 4 is 56.1 Å². The third-order valence-electron chi connectivity index (χ3n) is 2.31. The molecule has 0 bridgehead atoms. The van der Waals surface area contributed by atoms with Gasteiger partial charge in [-0.15, -0.1) is 0 Å². The van der Waals surface area contributed by atoms with Crippen LogP contribution in [0.2, 0.25) is 0 Å². The Morgan fingerprint density at radius 1 is 1.12 bits per heavy atom. The van der Waals surface area contributed by atoms with Crippen LogP contribution in [0.5, 0.6) is 5.75 Å². The molecular formula is C10H9NNaO4S. The van der Waals surface area contributed by atoms with E-state index in [4.69, 9.17) is 10.3 Å². The molecule has 7 heteroatoms.